The topological polar surface area (TPSA) is 18.5 Å². The van der Waals surface area contributed by atoms with Gasteiger partial charge in [-0.25, -0.2) is 0 Å². The normalized spacial score (nSPS) is 18.0. The van der Waals surface area contributed by atoms with Crippen molar-refractivity contribution < 1.29 is 9.47 Å². The lowest BCUT2D eigenvalue weighted by molar-refractivity contribution is -0.175. The third-order valence-electron chi connectivity index (χ3n) is 1.54. The molecule has 1 heterocycles. The lowest BCUT2D eigenvalue weighted by Gasteiger charge is -2.21. The molecule has 2 nitrogen and oxygen atoms in total. The van der Waals surface area contributed by atoms with Crippen molar-refractivity contribution in [3.05, 3.63) is 30.5 Å². The highest BCUT2D eigenvalue weighted by Crippen LogP contribution is 2.08. The van der Waals surface area contributed by atoms with E-state index in [-0.39, 0.29) is 6.29 Å². The predicted molar refractivity (Wildman–Crippen MR) is 47.8 cm³/mol. The van der Waals surface area contributed by atoms with Crippen LogP contribution in [0.25, 0.3) is 0 Å². The molecular weight excluding hydrogens is 152 g/mol. The van der Waals surface area contributed by atoms with Gasteiger partial charge in [0.1, 0.15) is 0 Å². The molecule has 66 valence electrons. The molecule has 12 heavy (non-hydrogen) atoms. The minimum absolute atomic E-state index is 0.0653. The zero-order valence-corrected chi connectivity index (χ0v) is 7.16. The molecule has 1 fully saturated rings. The molecule has 0 N–H and O–H groups in total. The van der Waals surface area contributed by atoms with Crippen LogP contribution in [0.15, 0.2) is 30.5 Å². The number of hydrogen-bond donors (Lipinski definition) is 0. The number of allylic oxidation sites excluding steroid dienone is 1. The molecule has 0 bridgehead atoms. The van der Waals surface area contributed by atoms with E-state index in [9.17, 15) is 0 Å². The molecule has 0 aliphatic carbocycles. The summed E-state index contributed by atoms with van der Waals surface area (Å²) in [6.45, 7) is 5.16. The Bertz CT molecular complexity index is 184. The highest BCUT2D eigenvalue weighted by Gasteiger charge is 2.11. The van der Waals surface area contributed by atoms with Gasteiger partial charge in [0.2, 0.25) is 0 Å². The molecule has 0 unspecified atom stereocenters. The van der Waals surface area contributed by atoms with E-state index in [1.165, 1.54) is 0 Å². The first-order chi connectivity index (χ1) is 5.93. The molecule has 1 saturated heterocycles. The summed E-state index contributed by atoms with van der Waals surface area (Å²) < 4.78 is 10.6. The molecular formula is C10H14O2. The maximum atomic E-state index is 5.32. The Balaban J connectivity index is 2.21. The third kappa shape index (κ3) is 3.54. The summed E-state index contributed by atoms with van der Waals surface area (Å²) in [7, 11) is 0. The average molecular weight is 166 g/mol. The predicted octanol–water partition coefficient (Wildman–Crippen LogP) is 2.04. The smallest absolute Gasteiger partial charge is 0.161 e. The van der Waals surface area contributed by atoms with Crippen LogP contribution in [0.3, 0.4) is 0 Å². The van der Waals surface area contributed by atoms with E-state index in [0.717, 1.165) is 26.1 Å². The van der Waals surface area contributed by atoms with Crippen LogP contribution in [-0.2, 0) is 9.47 Å². The van der Waals surface area contributed by atoms with Gasteiger partial charge < -0.3 is 9.47 Å². The van der Waals surface area contributed by atoms with Crippen LogP contribution < -0.4 is 0 Å². The zero-order chi connectivity index (χ0) is 8.65. The number of ether oxygens (including phenoxy) is 2. The standard InChI is InChI=1S/C10H14O2/c1-2-3-4-5-7-10-11-8-6-9-12-10/h2-3,5,10H,1,6-9H2. The van der Waals surface area contributed by atoms with Gasteiger partial charge in [-0.05, 0) is 18.6 Å². The summed E-state index contributed by atoms with van der Waals surface area (Å²) in [6.07, 6.45) is 7.07. The van der Waals surface area contributed by atoms with E-state index >= 15 is 0 Å². The summed E-state index contributed by atoms with van der Waals surface area (Å²) in [5, 5.41) is 0. The summed E-state index contributed by atoms with van der Waals surface area (Å²) >= 11 is 0. The molecule has 0 radical (unpaired) electrons. The quantitative estimate of drug-likeness (QED) is 0.472. The lowest BCUT2D eigenvalue weighted by Crippen LogP contribution is -2.23. The van der Waals surface area contributed by atoms with E-state index in [2.05, 4.69) is 12.3 Å². The Hall–Kier alpha value is -0.820. The van der Waals surface area contributed by atoms with Gasteiger partial charge in [0.05, 0.1) is 13.2 Å². The molecule has 0 aromatic heterocycles. The molecule has 0 aromatic carbocycles. The molecule has 0 amide bonds. The molecule has 0 atom stereocenters. The summed E-state index contributed by atoms with van der Waals surface area (Å²) in [4.78, 5) is 0. The summed E-state index contributed by atoms with van der Waals surface area (Å²) in [5.74, 6) is 0. The number of hydrogen-bond acceptors (Lipinski definition) is 2. The van der Waals surface area contributed by atoms with Gasteiger partial charge in [-0.2, -0.15) is 0 Å². The summed E-state index contributed by atoms with van der Waals surface area (Å²) in [6, 6.07) is 0. The molecule has 1 aliphatic heterocycles. The Kier molecular flexibility index (Phi) is 4.47. The van der Waals surface area contributed by atoms with Crippen LogP contribution in [0.5, 0.6) is 0 Å². The summed E-state index contributed by atoms with van der Waals surface area (Å²) in [5.41, 5.74) is 2.95. The fraction of sp³-hybridized carbons (Fsp3) is 0.500. The third-order valence-corrected chi connectivity index (χ3v) is 1.54. The zero-order valence-electron chi connectivity index (χ0n) is 7.16. The number of rotatable bonds is 3. The van der Waals surface area contributed by atoms with Crippen LogP contribution in [-0.4, -0.2) is 19.5 Å². The van der Waals surface area contributed by atoms with E-state index in [1.807, 2.05) is 6.08 Å². The van der Waals surface area contributed by atoms with Crippen LogP contribution in [0.2, 0.25) is 0 Å². The van der Waals surface area contributed by atoms with Crippen molar-refractivity contribution in [3.63, 3.8) is 0 Å². The minimum Gasteiger partial charge on any atom is -0.352 e. The van der Waals surface area contributed by atoms with Gasteiger partial charge >= 0.3 is 0 Å². The maximum Gasteiger partial charge on any atom is 0.161 e. The average Bonchev–Trinajstić information content (AvgIpc) is 2.14. The molecule has 0 spiro atoms. The van der Waals surface area contributed by atoms with Gasteiger partial charge in [0.25, 0.3) is 0 Å². The van der Waals surface area contributed by atoms with Gasteiger partial charge in [0, 0.05) is 6.42 Å². The Morgan fingerprint density at radius 1 is 1.42 bits per heavy atom. The Labute approximate surface area is 73.2 Å². The minimum atomic E-state index is -0.0653. The largest absolute Gasteiger partial charge is 0.352 e. The maximum absolute atomic E-state index is 5.32. The first kappa shape index (κ1) is 9.27. The fourth-order valence-electron chi connectivity index (χ4n) is 0.973. The van der Waals surface area contributed by atoms with Crippen LogP contribution in [0, 0.1) is 0 Å². The first-order valence-corrected chi connectivity index (χ1v) is 4.18. The lowest BCUT2D eigenvalue weighted by atomic mass is 10.3. The van der Waals surface area contributed by atoms with Crippen molar-refractivity contribution in [2.24, 2.45) is 0 Å². The van der Waals surface area contributed by atoms with Crippen LogP contribution in [0.1, 0.15) is 12.8 Å². The van der Waals surface area contributed by atoms with Gasteiger partial charge in [-0.3, -0.25) is 0 Å². The molecule has 2 heteroatoms. The van der Waals surface area contributed by atoms with Crippen molar-refractivity contribution in [2.75, 3.05) is 13.2 Å². The second-order valence-corrected chi connectivity index (χ2v) is 2.53. The molecule has 1 rings (SSSR count). The van der Waals surface area contributed by atoms with Crippen LogP contribution in [0.4, 0.5) is 0 Å². The van der Waals surface area contributed by atoms with Crippen molar-refractivity contribution in [2.45, 2.75) is 19.1 Å². The highest BCUT2D eigenvalue weighted by molar-refractivity contribution is 4.97. The van der Waals surface area contributed by atoms with Crippen molar-refractivity contribution in [1.82, 2.24) is 0 Å². The second kappa shape index (κ2) is 5.78. The Morgan fingerprint density at radius 3 is 2.83 bits per heavy atom. The van der Waals surface area contributed by atoms with E-state index in [1.54, 1.807) is 12.2 Å². The van der Waals surface area contributed by atoms with E-state index < -0.39 is 0 Å². The fourth-order valence-corrected chi connectivity index (χ4v) is 0.973. The van der Waals surface area contributed by atoms with Crippen molar-refractivity contribution >= 4 is 0 Å². The van der Waals surface area contributed by atoms with Crippen molar-refractivity contribution in [1.29, 1.82) is 0 Å². The van der Waals surface area contributed by atoms with Crippen molar-refractivity contribution in [3.8, 4) is 0 Å². The molecule has 0 saturated carbocycles. The van der Waals surface area contributed by atoms with E-state index in [4.69, 9.17) is 9.47 Å². The Morgan fingerprint density at radius 2 is 2.17 bits per heavy atom. The van der Waals surface area contributed by atoms with Gasteiger partial charge in [-0.15, -0.1) is 5.73 Å². The molecule has 0 aromatic rings. The van der Waals surface area contributed by atoms with Crippen LogP contribution >= 0.6 is 0 Å². The van der Waals surface area contributed by atoms with Gasteiger partial charge in [-0.1, -0.05) is 12.7 Å². The second-order valence-electron chi connectivity index (χ2n) is 2.53. The monoisotopic (exact) mass is 166 g/mol. The highest BCUT2D eigenvalue weighted by atomic mass is 16.7. The van der Waals surface area contributed by atoms with E-state index in [0.29, 0.717) is 0 Å². The molecule has 1 aliphatic rings. The van der Waals surface area contributed by atoms with Gasteiger partial charge in [0.15, 0.2) is 6.29 Å². The SMILES string of the molecule is C=CC=C=CCC1OCCCO1. The first-order valence-electron chi connectivity index (χ1n) is 4.18.